The van der Waals surface area contributed by atoms with Crippen molar-refractivity contribution in [2.24, 2.45) is 0 Å². The Labute approximate surface area is 186 Å². The molecule has 0 aliphatic heterocycles. The van der Waals surface area contributed by atoms with E-state index in [0.29, 0.717) is 5.56 Å². The summed E-state index contributed by atoms with van der Waals surface area (Å²) in [7, 11) is 0. The van der Waals surface area contributed by atoms with Gasteiger partial charge in [0, 0.05) is 27.9 Å². The van der Waals surface area contributed by atoms with Gasteiger partial charge >= 0.3 is 6.85 Å². The average Bonchev–Trinajstić information content (AvgIpc) is 3.19. The number of nitriles is 1. The normalized spacial score (nSPS) is 11.1. The highest BCUT2D eigenvalue weighted by Gasteiger charge is 2.28. The number of benzene rings is 4. The van der Waals surface area contributed by atoms with Gasteiger partial charge in [-0.2, -0.15) is 5.26 Å². The predicted octanol–water partition coefficient (Wildman–Crippen LogP) is 4.87. The molecular formula is C28H18BN3. The first-order valence-electron chi connectivity index (χ1n) is 10.7. The first kappa shape index (κ1) is 18.4. The van der Waals surface area contributed by atoms with E-state index < -0.39 is 0 Å². The molecule has 6 rings (SSSR count). The molecule has 0 atom stereocenters. The summed E-state index contributed by atoms with van der Waals surface area (Å²) < 4.78 is 2.39. The highest BCUT2D eigenvalue weighted by Crippen LogP contribution is 2.35. The fraction of sp³-hybridized carbons (Fsp3) is 0. The lowest BCUT2D eigenvalue weighted by Gasteiger charge is -2.20. The Hall–Kier alpha value is -4.36. The van der Waals surface area contributed by atoms with E-state index in [9.17, 15) is 5.26 Å². The Morgan fingerprint density at radius 1 is 0.688 bits per heavy atom. The number of pyridine rings is 1. The lowest BCUT2D eigenvalue weighted by Crippen LogP contribution is -2.48. The molecule has 3 nitrogen and oxygen atoms in total. The number of para-hydroxylation sites is 1. The van der Waals surface area contributed by atoms with Crippen LogP contribution >= 0.6 is 0 Å². The van der Waals surface area contributed by atoms with E-state index in [-0.39, 0.29) is 6.85 Å². The van der Waals surface area contributed by atoms with Crippen LogP contribution < -0.4 is 10.9 Å². The van der Waals surface area contributed by atoms with Crippen LogP contribution in [0.5, 0.6) is 0 Å². The second-order valence-corrected chi connectivity index (χ2v) is 7.94. The van der Waals surface area contributed by atoms with Crippen molar-refractivity contribution in [3.05, 3.63) is 115 Å². The van der Waals surface area contributed by atoms with Crippen LogP contribution in [0.1, 0.15) is 5.56 Å². The number of fused-ring (bicyclic) bond motifs is 5. The monoisotopic (exact) mass is 407 g/mol. The van der Waals surface area contributed by atoms with Gasteiger partial charge in [0.1, 0.15) is 0 Å². The maximum Gasteiger partial charge on any atom is 0.328 e. The highest BCUT2D eigenvalue weighted by molar-refractivity contribution is 6.85. The smallest absolute Gasteiger partial charge is 0.328 e. The Morgan fingerprint density at radius 2 is 1.31 bits per heavy atom. The summed E-state index contributed by atoms with van der Waals surface area (Å²) >= 11 is 0. The molecule has 0 bridgehead atoms. The molecule has 0 saturated carbocycles. The van der Waals surface area contributed by atoms with Crippen LogP contribution in [-0.4, -0.2) is 16.3 Å². The van der Waals surface area contributed by atoms with Gasteiger partial charge in [0.05, 0.1) is 22.7 Å². The summed E-state index contributed by atoms with van der Waals surface area (Å²) in [5.41, 5.74) is 6.10. The van der Waals surface area contributed by atoms with Crippen LogP contribution in [0.3, 0.4) is 0 Å². The summed E-state index contributed by atoms with van der Waals surface area (Å²) in [4.78, 5) is 4.77. The maximum atomic E-state index is 9.85. The van der Waals surface area contributed by atoms with Crippen LogP contribution in [-0.2, 0) is 0 Å². The van der Waals surface area contributed by atoms with Crippen LogP contribution in [0.15, 0.2) is 109 Å². The van der Waals surface area contributed by atoms with Crippen molar-refractivity contribution in [2.75, 3.05) is 0 Å². The van der Waals surface area contributed by atoms with E-state index in [2.05, 4.69) is 83.3 Å². The summed E-state index contributed by atoms with van der Waals surface area (Å²) in [5, 5.41) is 12.9. The van der Waals surface area contributed by atoms with Crippen molar-refractivity contribution in [3.8, 4) is 6.07 Å². The van der Waals surface area contributed by atoms with E-state index in [1.54, 1.807) is 0 Å². The van der Waals surface area contributed by atoms with Crippen LogP contribution in [0, 0.1) is 11.3 Å². The van der Waals surface area contributed by atoms with Gasteiger partial charge in [0.2, 0.25) is 0 Å². The van der Waals surface area contributed by atoms with Gasteiger partial charge in [0.25, 0.3) is 0 Å². The molecule has 0 aliphatic rings. The van der Waals surface area contributed by atoms with Gasteiger partial charge in [-0.15, -0.1) is 0 Å². The third kappa shape index (κ3) is 2.72. The molecule has 2 heterocycles. The number of rotatable bonds is 3. The molecule has 0 fully saturated rings. The van der Waals surface area contributed by atoms with E-state index >= 15 is 0 Å². The minimum absolute atomic E-state index is 0.0297. The Morgan fingerprint density at radius 3 is 2.00 bits per heavy atom. The number of aromatic nitrogens is 2. The maximum absolute atomic E-state index is 9.85. The molecule has 4 aromatic carbocycles. The molecule has 2 aromatic heterocycles. The lowest BCUT2D eigenvalue weighted by molar-refractivity contribution is 1.33. The van der Waals surface area contributed by atoms with Crippen molar-refractivity contribution in [1.29, 1.82) is 5.26 Å². The zero-order chi connectivity index (χ0) is 21.5. The molecule has 4 heteroatoms. The van der Waals surface area contributed by atoms with Crippen molar-refractivity contribution >= 4 is 50.5 Å². The Balaban J connectivity index is 1.84. The molecule has 148 valence electrons. The quantitative estimate of drug-likeness (QED) is 0.393. The second kappa shape index (κ2) is 7.41. The third-order valence-corrected chi connectivity index (χ3v) is 6.17. The van der Waals surface area contributed by atoms with Crippen LogP contribution in [0.4, 0.5) is 0 Å². The van der Waals surface area contributed by atoms with E-state index in [4.69, 9.17) is 4.98 Å². The minimum Gasteiger partial charge on any atom is -0.374 e. The zero-order valence-corrected chi connectivity index (χ0v) is 17.3. The SMILES string of the molecule is N#Cc1cc2c3ccccc3n(B(c3ccccc3)c3ccccc3)c2c2ncccc12. The zero-order valence-electron chi connectivity index (χ0n) is 17.3. The second-order valence-electron chi connectivity index (χ2n) is 7.94. The molecular weight excluding hydrogens is 389 g/mol. The summed E-state index contributed by atoms with van der Waals surface area (Å²) in [6.45, 7) is -0.0297. The topological polar surface area (TPSA) is 41.6 Å². The van der Waals surface area contributed by atoms with Gasteiger partial charge in [0.15, 0.2) is 0 Å². The largest absolute Gasteiger partial charge is 0.374 e. The summed E-state index contributed by atoms with van der Waals surface area (Å²) in [6.07, 6.45) is 1.81. The molecule has 0 unspecified atom stereocenters. The fourth-order valence-corrected chi connectivity index (χ4v) is 4.83. The minimum atomic E-state index is -0.0297. The van der Waals surface area contributed by atoms with Crippen molar-refractivity contribution in [3.63, 3.8) is 0 Å². The van der Waals surface area contributed by atoms with Crippen LogP contribution in [0.25, 0.3) is 32.7 Å². The van der Waals surface area contributed by atoms with Crippen molar-refractivity contribution in [2.45, 2.75) is 0 Å². The fourth-order valence-electron chi connectivity index (χ4n) is 4.83. The molecule has 0 saturated heterocycles. The first-order chi connectivity index (χ1) is 15.9. The van der Waals surface area contributed by atoms with Gasteiger partial charge in [-0.25, -0.2) is 0 Å². The van der Waals surface area contributed by atoms with Crippen LogP contribution in [0.2, 0.25) is 0 Å². The van der Waals surface area contributed by atoms with Gasteiger partial charge < -0.3 is 4.48 Å². The number of hydrogen-bond acceptors (Lipinski definition) is 2. The van der Waals surface area contributed by atoms with Crippen molar-refractivity contribution < 1.29 is 0 Å². The van der Waals surface area contributed by atoms with Crippen molar-refractivity contribution in [1.82, 2.24) is 9.46 Å². The average molecular weight is 407 g/mol. The highest BCUT2D eigenvalue weighted by atomic mass is 14.9. The van der Waals surface area contributed by atoms with E-state index in [0.717, 1.165) is 32.7 Å². The van der Waals surface area contributed by atoms with Gasteiger partial charge in [-0.3, -0.25) is 4.98 Å². The van der Waals surface area contributed by atoms with E-state index in [1.807, 2.05) is 36.5 Å². The number of nitrogens with zero attached hydrogens (tertiary/aromatic N) is 3. The Kier molecular flexibility index (Phi) is 4.26. The summed E-state index contributed by atoms with van der Waals surface area (Å²) in [6, 6.07) is 37.9. The predicted molar refractivity (Wildman–Crippen MR) is 133 cm³/mol. The lowest BCUT2D eigenvalue weighted by atomic mass is 9.50. The molecule has 0 radical (unpaired) electrons. The Bertz CT molecular complexity index is 1590. The molecule has 6 aromatic rings. The molecule has 0 aliphatic carbocycles. The van der Waals surface area contributed by atoms with Gasteiger partial charge in [-0.05, 0) is 24.3 Å². The third-order valence-electron chi connectivity index (χ3n) is 6.17. The molecule has 0 N–H and O–H groups in total. The molecule has 0 spiro atoms. The standard InChI is InChI=1S/C28H18BN3/c30-19-20-18-25-24-14-7-8-16-26(24)32(28(25)27-23(20)15-9-17-31-27)29(21-10-3-1-4-11-21)22-12-5-2-6-13-22/h1-18H. The first-order valence-corrected chi connectivity index (χ1v) is 10.7. The molecule has 32 heavy (non-hydrogen) atoms. The number of hydrogen-bond donors (Lipinski definition) is 0. The summed E-state index contributed by atoms with van der Waals surface area (Å²) in [5.74, 6) is 0. The van der Waals surface area contributed by atoms with E-state index in [1.165, 1.54) is 10.9 Å². The van der Waals surface area contributed by atoms with Gasteiger partial charge in [-0.1, -0.05) is 89.8 Å². The molecule has 0 amide bonds.